The second-order valence-electron chi connectivity index (χ2n) is 5.01. The van der Waals surface area contributed by atoms with Crippen molar-refractivity contribution in [3.05, 3.63) is 22.9 Å². The zero-order chi connectivity index (χ0) is 11.6. The first-order valence-corrected chi connectivity index (χ1v) is 6.68. The van der Waals surface area contributed by atoms with E-state index in [-0.39, 0.29) is 10.8 Å². The van der Waals surface area contributed by atoms with Crippen LogP contribution in [0.25, 0.3) is 0 Å². The zero-order valence-corrected chi connectivity index (χ0v) is 11.3. The van der Waals surface area contributed by atoms with Crippen LogP contribution in [-0.4, -0.2) is 11.4 Å². The van der Waals surface area contributed by atoms with Gasteiger partial charge in [-0.1, -0.05) is 41.2 Å². The minimum absolute atomic E-state index is 0.00582. The smallest absolute Gasteiger partial charge is 0.134 e. The van der Waals surface area contributed by atoms with Crippen LogP contribution in [0.5, 0.6) is 0 Å². The van der Waals surface area contributed by atoms with Crippen molar-refractivity contribution in [2.45, 2.75) is 30.0 Å². The Kier molecular flexibility index (Phi) is 2.20. The first-order valence-electron chi connectivity index (χ1n) is 5.49. The van der Waals surface area contributed by atoms with Crippen LogP contribution in [-0.2, 0) is 4.74 Å². The molecule has 0 aromatic heterocycles. The number of halogens is 3. The third kappa shape index (κ3) is 0.935. The van der Waals surface area contributed by atoms with Gasteiger partial charge in [-0.2, -0.15) is 0 Å². The highest BCUT2D eigenvalue weighted by Crippen LogP contribution is 2.88. The largest absolute Gasteiger partial charge is 0.497 e. The summed E-state index contributed by atoms with van der Waals surface area (Å²) in [5, 5.41) is 0. The lowest BCUT2D eigenvalue weighted by atomic mass is 9.83. The van der Waals surface area contributed by atoms with Gasteiger partial charge in [0, 0.05) is 21.9 Å². The summed E-state index contributed by atoms with van der Waals surface area (Å²) in [7, 11) is 1.66. The van der Waals surface area contributed by atoms with Crippen LogP contribution in [0.3, 0.4) is 0 Å². The van der Waals surface area contributed by atoms with Gasteiger partial charge in [0.05, 0.1) is 7.11 Å². The number of methoxy groups -OCH3 is 1. The molecule has 2 fully saturated rings. The Morgan fingerprint density at radius 1 is 1.38 bits per heavy atom. The van der Waals surface area contributed by atoms with Crippen molar-refractivity contribution in [1.29, 1.82) is 0 Å². The van der Waals surface area contributed by atoms with Crippen LogP contribution in [0.4, 0.5) is 0 Å². The Balaban J connectivity index is 2.13. The third-order valence-electron chi connectivity index (χ3n) is 4.67. The molecule has 0 amide bonds. The van der Waals surface area contributed by atoms with Crippen LogP contribution in [0.15, 0.2) is 22.9 Å². The van der Waals surface area contributed by atoms with Crippen LogP contribution in [0.2, 0.25) is 0 Å². The first-order chi connectivity index (χ1) is 7.54. The molecule has 3 rings (SSSR count). The predicted octanol–water partition coefficient (Wildman–Crippen LogP) is 4.39. The second kappa shape index (κ2) is 3.13. The molecule has 0 unspecified atom stereocenters. The van der Waals surface area contributed by atoms with E-state index in [9.17, 15) is 0 Å². The lowest BCUT2D eigenvalue weighted by Crippen LogP contribution is -2.14. The van der Waals surface area contributed by atoms with E-state index in [1.54, 1.807) is 12.6 Å². The van der Waals surface area contributed by atoms with Crippen LogP contribution in [0.1, 0.15) is 25.7 Å². The van der Waals surface area contributed by atoms with Crippen molar-refractivity contribution >= 4 is 34.8 Å². The summed E-state index contributed by atoms with van der Waals surface area (Å²) in [5.41, 5.74) is 2.54. The standard InChI is InChI=1S/C12H13Cl3O/c1-16-9-6-11-4-2-3-10(11,12(11,14)15)5-8(9)7-13/h6-7H,2-5H2,1H3/b8-7+/t10-,11+/m1/s1. The maximum Gasteiger partial charge on any atom is 0.134 e. The predicted molar refractivity (Wildman–Crippen MR) is 66.8 cm³/mol. The van der Waals surface area contributed by atoms with Gasteiger partial charge in [-0.05, 0) is 25.3 Å². The number of hydrogen-bond donors (Lipinski definition) is 0. The van der Waals surface area contributed by atoms with Crippen LogP contribution >= 0.6 is 34.8 Å². The Morgan fingerprint density at radius 3 is 2.75 bits per heavy atom. The van der Waals surface area contributed by atoms with Crippen molar-refractivity contribution in [3.8, 4) is 0 Å². The number of hydrogen-bond acceptors (Lipinski definition) is 1. The molecular weight excluding hydrogens is 266 g/mol. The summed E-state index contributed by atoms with van der Waals surface area (Å²) in [5.74, 6) is 0.843. The summed E-state index contributed by atoms with van der Waals surface area (Å²) in [6.07, 6.45) is 6.27. The fourth-order valence-corrected chi connectivity index (χ4v) is 5.22. The highest BCUT2D eigenvalue weighted by molar-refractivity contribution is 6.53. The van der Waals surface area contributed by atoms with E-state index >= 15 is 0 Å². The molecule has 3 aliphatic rings. The van der Waals surface area contributed by atoms with Crippen LogP contribution in [0, 0.1) is 10.8 Å². The maximum absolute atomic E-state index is 6.50. The molecule has 4 heteroatoms. The van der Waals surface area contributed by atoms with Gasteiger partial charge in [0.15, 0.2) is 0 Å². The molecule has 3 aliphatic carbocycles. The molecule has 0 N–H and O–H groups in total. The van der Waals surface area contributed by atoms with Crippen molar-refractivity contribution in [2.75, 3.05) is 7.11 Å². The quantitative estimate of drug-likeness (QED) is 0.647. The molecular formula is C12H13Cl3O. The Hall–Kier alpha value is 0.150. The molecule has 2 atom stereocenters. The van der Waals surface area contributed by atoms with Gasteiger partial charge >= 0.3 is 0 Å². The van der Waals surface area contributed by atoms with Crippen molar-refractivity contribution < 1.29 is 4.74 Å². The van der Waals surface area contributed by atoms with Gasteiger partial charge < -0.3 is 4.74 Å². The molecule has 0 aromatic carbocycles. The van der Waals surface area contributed by atoms with Gasteiger partial charge in [0.1, 0.15) is 10.1 Å². The van der Waals surface area contributed by atoms with E-state index in [1.165, 1.54) is 6.42 Å². The second-order valence-corrected chi connectivity index (χ2v) is 6.55. The van der Waals surface area contributed by atoms with Gasteiger partial charge in [-0.15, -0.1) is 0 Å². The number of rotatable bonds is 1. The number of alkyl halides is 2. The Labute approximate surface area is 110 Å². The first kappa shape index (κ1) is 11.3. The van der Waals surface area contributed by atoms with Gasteiger partial charge in [-0.25, -0.2) is 0 Å². The van der Waals surface area contributed by atoms with E-state index < -0.39 is 4.33 Å². The summed E-state index contributed by atoms with van der Waals surface area (Å²) in [6, 6.07) is 0. The zero-order valence-electron chi connectivity index (χ0n) is 9.03. The highest BCUT2D eigenvalue weighted by atomic mass is 35.5. The van der Waals surface area contributed by atoms with E-state index in [0.717, 1.165) is 30.6 Å². The van der Waals surface area contributed by atoms with Crippen molar-refractivity contribution in [1.82, 2.24) is 0 Å². The molecule has 1 nitrogen and oxygen atoms in total. The fourth-order valence-electron chi connectivity index (χ4n) is 3.81. The highest BCUT2D eigenvalue weighted by Gasteiger charge is 2.87. The van der Waals surface area contributed by atoms with Crippen molar-refractivity contribution in [3.63, 3.8) is 0 Å². The lowest BCUT2D eigenvalue weighted by Gasteiger charge is -2.23. The van der Waals surface area contributed by atoms with E-state index in [2.05, 4.69) is 6.08 Å². The average Bonchev–Trinajstić information content (AvgIpc) is 2.62. The Bertz CT molecular complexity index is 412. The molecule has 2 saturated carbocycles. The molecule has 0 spiro atoms. The van der Waals surface area contributed by atoms with E-state index in [0.29, 0.717) is 0 Å². The average molecular weight is 280 g/mol. The molecule has 0 aromatic rings. The summed E-state index contributed by atoms with van der Waals surface area (Å²) >= 11 is 18.9. The summed E-state index contributed by atoms with van der Waals surface area (Å²) in [4.78, 5) is 0. The lowest BCUT2D eigenvalue weighted by molar-refractivity contribution is 0.273. The SMILES string of the molecule is COC1=C[C@@]23CCC[C@]2(C/C1=C\Cl)C3(Cl)Cl. The fraction of sp³-hybridized carbons (Fsp3) is 0.667. The number of allylic oxidation sites excluding steroid dienone is 2. The Morgan fingerprint density at radius 2 is 2.12 bits per heavy atom. The summed E-state index contributed by atoms with van der Waals surface area (Å²) < 4.78 is 4.74. The maximum atomic E-state index is 6.50. The van der Waals surface area contributed by atoms with Crippen LogP contribution < -0.4 is 0 Å². The molecule has 88 valence electrons. The van der Waals surface area contributed by atoms with Crippen molar-refractivity contribution in [2.24, 2.45) is 10.8 Å². The topological polar surface area (TPSA) is 9.23 Å². The number of ether oxygens (including phenoxy) is 1. The van der Waals surface area contributed by atoms with Gasteiger partial charge in [0.25, 0.3) is 0 Å². The minimum Gasteiger partial charge on any atom is -0.497 e. The van der Waals surface area contributed by atoms with E-state index in [4.69, 9.17) is 39.5 Å². The molecule has 0 aliphatic heterocycles. The molecule has 0 bridgehead atoms. The van der Waals surface area contributed by atoms with Gasteiger partial charge in [0.2, 0.25) is 0 Å². The molecule has 0 saturated heterocycles. The molecule has 0 heterocycles. The third-order valence-corrected chi connectivity index (χ3v) is 6.33. The van der Waals surface area contributed by atoms with E-state index in [1.807, 2.05) is 0 Å². The summed E-state index contributed by atoms with van der Waals surface area (Å²) in [6.45, 7) is 0. The molecule has 16 heavy (non-hydrogen) atoms. The molecule has 0 radical (unpaired) electrons. The monoisotopic (exact) mass is 278 g/mol. The minimum atomic E-state index is -0.635. The normalized spacial score (nSPS) is 46.0. The van der Waals surface area contributed by atoms with Gasteiger partial charge in [-0.3, -0.25) is 0 Å².